The number of hydrogen-bond donors (Lipinski definition) is 2. The smallest absolute Gasteiger partial charge is 0.257 e. The molecule has 2 aromatic rings. The monoisotopic (exact) mass is 336 g/mol. The van der Waals surface area contributed by atoms with E-state index in [0.717, 1.165) is 36.9 Å². The van der Waals surface area contributed by atoms with E-state index in [-0.39, 0.29) is 11.0 Å². The zero-order chi connectivity index (χ0) is 16.9. The van der Waals surface area contributed by atoms with Gasteiger partial charge in [0.2, 0.25) is 0 Å². The third-order valence-corrected chi connectivity index (χ3v) is 4.12. The minimum Gasteiger partial charge on any atom is -0.316 e. The fourth-order valence-electron chi connectivity index (χ4n) is 2.72. The largest absolute Gasteiger partial charge is 0.316 e. The van der Waals surface area contributed by atoms with Gasteiger partial charge in [-0.15, -0.1) is 0 Å². The van der Waals surface area contributed by atoms with Gasteiger partial charge in [-0.2, -0.15) is 5.26 Å². The topological polar surface area (TPSA) is 77.8 Å². The van der Waals surface area contributed by atoms with Crippen molar-refractivity contribution in [2.45, 2.75) is 25.7 Å². The predicted molar refractivity (Wildman–Crippen MR) is 95.7 cm³/mol. The van der Waals surface area contributed by atoms with Crippen molar-refractivity contribution in [3.63, 3.8) is 0 Å². The third kappa shape index (κ3) is 3.58. The molecule has 0 radical (unpaired) electrons. The maximum absolute atomic E-state index is 12.1. The predicted octanol–water partition coefficient (Wildman–Crippen LogP) is 2.96. The van der Waals surface area contributed by atoms with Crippen LogP contribution in [0.5, 0.6) is 0 Å². The lowest BCUT2D eigenvalue weighted by Gasteiger charge is -2.17. The minimum absolute atomic E-state index is 0.128. The Balaban J connectivity index is 1.74. The Labute approximate surface area is 145 Å². The number of pyridine rings is 1. The first-order valence-corrected chi connectivity index (χ1v) is 8.18. The number of amides is 1. The number of thiocarbonyl (C=S) groups is 1. The minimum atomic E-state index is -0.301. The van der Waals surface area contributed by atoms with Gasteiger partial charge in [0.15, 0.2) is 5.11 Å². The highest BCUT2D eigenvalue weighted by Gasteiger charge is 2.16. The van der Waals surface area contributed by atoms with Gasteiger partial charge in [0, 0.05) is 11.3 Å². The van der Waals surface area contributed by atoms with Crippen molar-refractivity contribution >= 4 is 29.1 Å². The summed E-state index contributed by atoms with van der Waals surface area (Å²) >= 11 is 5.18. The molecule has 1 aliphatic rings. The van der Waals surface area contributed by atoms with Gasteiger partial charge < -0.3 is 5.32 Å². The molecule has 1 heterocycles. The summed E-state index contributed by atoms with van der Waals surface area (Å²) in [4.78, 5) is 16.6. The van der Waals surface area contributed by atoms with Crippen molar-refractivity contribution in [1.29, 1.82) is 5.26 Å². The highest BCUT2D eigenvalue weighted by Crippen LogP contribution is 2.24. The average Bonchev–Trinajstić information content (AvgIpc) is 2.61. The number of benzene rings is 1. The molecule has 0 saturated carbocycles. The molecule has 1 aromatic heterocycles. The molecule has 0 saturated heterocycles. The summed E-state index contributed by atoms with van der Waals surface area (Å²) in [5, 5.41) is 14.9. The lowest BCUT2D eigenvalue weighted by Crippen LogP contribution is -2.34. The maximum Gasteiger partial charge on any atom is 0.257 e. The van der Waals surface area contributed by atoms with Crippen LogP contribution in [0.2, 0.25) is 0 Å². The summed E-state index contributed by atoms with van der Waals surface area (Å²) in [5.74, 6) is 0.0982. The van der Waals surface area contributed by atoms with Crippen LogP contribution in [0.15, 0.2) is 36.4 Å². The number of hydrogen-bond acceptors (Lipinski definition) is 4. The van der Waals surface area contributed by atoms with E-state index in [1.807, 2.05) is 12.1 Å². The number of anilines is 1. The molecular formula is C18H16N4OS. The van der Waals surface area contributed by atoms with E-state index in [1.54, 1.807) is 24.3 Å². The molecule has 5 nitrogen and oxygen atoms in total. The van der Waals surface area contributed by atoms with Crippen molar-refractivity contribution in [1.82, 2.24) is 10.3 Å². The fourth-order valence-corrected chi connectivity index (χ4v) is 2.91. The quantitative estimate of drug-likeness (QED) is 0.825. The lowest BCUT2D eigenvalue weighted by molar-refractivity contribution is 0.0977. The molecule has 1 aliphatic carbocycles. The number of aromatic nitrogens is 1. The van der Waals surface area contributed by atoms with Gasteiger partial charge in [0.05, 0.1) is 5.56 Å². The van der Waals surface area contributed by atoms with Crippen molar-refractivity contribution in [3.8, 4) is 6.07 Å². The van der Waals surface area contributed by atoms with E-state index in [4.69, 9.17) is 12.2 Å². The summed E-state index contributed by atoms with van der Waals surface area (Å²) in [6, 6.07) is 12.8. The molecule has 0 aliphatic heterocycles. The summed E-state index contributed by atoms with van der Waals surface area (Å²) in [6.07, 6.45) is 4.07. The maximum atomic E-state index is 12.1. The number of fused-ring (bicyclic) bond motifs is 1. The zero-order valence-electron chi connectivity index (χ0n) is 13.0. The van der Waals surface area contributed by atoms with Crippen molar-refractivity contribution < 1.29 is 4.79 Å². The molecule has 1 amide bonds. The molecule has 0 spiro atoms. The van der Waals surface area contributed by atoms with Gasteiger partial charge >= 0.3 is 0 Å². The standard InChI is InChI=1S/C18H16N4OS/c19-11-14-10-13-8-4-5-9-15(13)20-16(14)21-18(24)22-17(23)12-6-2-1-3-7-12/h1-3,6-7,10H,4-5,8-9H2,(H2,20,21,22,23,24). The molecule has 2 N–H and O–H groups in total. The summed E-state index contributed by atoms with van der Waals surface area (Å²) in [7, 11) is 0. The molecule has 0 atom stereocenters. The van der Waals surface area contributed by atoms with Crippen LogP contribution >= 0.6 is 12.2 Å². The molecule has 24 heavy (non-hydrogen) atoms. The van der Waals surface area contributed by atoms with E-state index in [9.17, 15) is 10.1 Å². The van der Waals surface area contributed by atoms with Gasteiger partial charge in [-0.1, -0.05) is 18.2 Å². The van der Waals surface area contributed by atoms with Crippen LogP contribution < -0.4 is 10.6 Å². The first-order chi connectivity index (χ1) is 11.7. The normalized spacial score (nSPS) is 12.6. The van der Waals surface area contributed by atoms with Crippen molar-refractivity contribution in [2.75, 3.05) is 5.32 Å². The second-order valence-corrected chi connectivity index (χ2v) is 5.99. The van der Waals surface area contributed by atoms with Gasteiger partial charge in [-0.05, 0) is 61.7 Å². The Hall–Kier alpha value is -2.78. The number of aryl methyl sites for hydroxylation is 2. The highest BCUT2D eigenvalue weighted by atomic mass is 32.1. The summed E-state index contributed by atoms with van der Waals surface area (Å²) < 4.78 is 0. The van der Waals surface area contributed by atoms with E-state index < -0.39 is 0 Å². The molecule has 3 rings (SSSR count). The second-order valence-electron chi connectivity index (χ2n) is 5.58. The summed E-state index contributed by atoms with van der Waals surface area (Å²) in [6.45, 7) is 0. The van der Waals surface area contributed by atoms with Crippen LogP contribution in [0.4, 0.5) is 5.82 Å². The van der Waals surface area contributed by atoms with Crippen LogP contribution in [0.3, 0.4) is 0 Å². The molecular weight excluding hydrogens is 320 g/mol. The molecule has 120 valence electrons. The number of nitriles is 1. The fraction of sp³-hybridized carbons (Fsp3) is 0.222. The van der Waals surface area contributed by atoms with Gasteiger partial charge in [0.1, 0.15) is 11.9 Å². The Morgan fingerprint density at radius 3 is 2.71 bits per heavy atom. The van der Waals surface area contributed by atoms with E-state index in [0.29, 0.717) is 16.9 Å². The SMILES string of the molecule is N#Cc1cc2c(nc1NC(=S)NC(=O)c1ccccc1)CCCC2. The first kappa shape index (κ1) is 16.1. The Morgan fingerprint density at radius 1 is 1.21 bits per heavy atom. The number of rotatable bonds is 2. The first-order valence-electron chi connectivity index (χ1n) is 7.77. The lowest BCUT2D eigenvalue weighted by atomic mass is 9.95. The molecule has 1 aromatic carbocycles. The van der Waals surface area contributed by atoms with Crippen molar-refractivity contribution in [2.24, 2.45) is 0 Å². The molecule has 0 bridgehead atoms. The Kier molecular flexibility index (Phi) is 4.82. The van der Waals surface area contributed by atoms with Crippen LogP contribution in [-0.2, 0) is 12.8 Å². The molecule has 6 heteroatoms. The highest BCUT2D eigenvalue weighted by molar-refractivity contribution is 7.80. The Bertz CT molecular complexity index is 827. The summed E-state index contributed by atoms with van der Waals surface area (Å²) in [5.41, 5.74) is 3.08. The number of carbonyl (C=O) groups excluding carboxylic acids is 1. The van der Waals surface area contributed by atoms with Crippen LogP contribution in [0.25, 0.3) is 0 Å². The van der Waals surface area contributed by atoms with Crippen LogP contribution in [0, 0.1) is 11.3 Å². The van der Waals surface area contributed by atoms with Crippen molar-refractivity contribution in [3.05, 3.63) is 58.8 Å². The second kappa shape index (κ2) is 7.20. The molecule has 0 fully saturated rings. The molecule has 0 unspecified atom stereocenters. The van der Waals surface area contributed by atoms with E-state index in [1.165, 1.54) is 0 Å². The number of nitrogens with one attached hydrogen (secondary N) is 2. The number of carbonyl (C=O) groups is 1. The van der Waals surface area contributed by atoms with Gasteiger partial charge in [-0.25, -0.2) is 4.98 Å². The average molecular weight is 336 g/mol. The van der Waals surface area contributed by atoms with Gasteiger partial charge in [0.25, 0.3) is 5.91 Å². The van der Waals surface area contributed by atoms with Crippen LogP contribution in [-0.4, -0.2) is 16.0 Å². The Morgan fingerprint density at radius 2 is 1.96 bits per heavy atom. The van der Waals surface area contributed by atoms with Crippen LogP contribution in [0.1, 0.15) is 40.0 Å². The van der Waals surface area contributed by atoms with Gasteiger partial charge in [-0.3, -0.25) is 10.1 Å². The zero-order valence-corrected chi connectivity index (χ0v) is 13.8. The van der Waals surface area contributed by atoms with E-state index in [2.05, 4.69) is 21.7 Å². The number of nitrogens with zero attached hydrogens (tertiary/aromatic N) is 2. The third-order valence-electron chi connectivity index (χ3n) is 3.92. The van der Waals surface area contributed by atoms with E-state index >= 15 is 0 Å².